The number of pyridine rings is 1. The molecule has 0 aliphatic rings. The lowest BCUT2D eigenvalue weighted by molar-refractivity contribution is 0.0392. The maximum absolute atomic E-state index is 11.8. The normalized spacial score (nSPS) is 12.2. The number of carboxylic acid groups (broad SMARTS) is 1. The van der Waals surface area contributed by atoms with Gasteiger partial charge < -0.3 is 16.2 Å². The van der Waals surface area contributed by atoms with E-state index in [0.29, 0.717) is 12.2 Å². The van der Waals surface area contributed by atoms with Gasteiger partial charge in [-0.05, 0) is 52.8 Å². The van der Waals surface area contributed by atoms with Crippen molar-refractivity contribution in [3.8, 4) is 0 Å². The van der Waals surface area contributed by atoms with Crippen molar-refractivity contribution in [1.82, 2.24) is 9.88 Å². The Balaban J connectivity index is 2.36. The smallest absolute Gasteiger partial charge is 0.408 e. The van der Waals surface area contributed by atoms with Gasteiger partial charge in [0.25, 0.3) is 0 Å². The van der Waals surface area contributed by atoms with Gasteiger partial charge in [-0.2, -0.15) is 0 Å². The highest BCUT2D eigenvalue weighted by atomic mass is 79.9. The fourth-order valence-corrected chi connectivity index (χ4v) is 3.57. The van der Waals surface area contributed by atoms with Crippen LogP contribution in [0.3, 0.4) is 0 Å². The molecule has 0 unspecified atom stereocenters. The summed E-state index contributed by atoms with van der Waals surface area (Å²) in [6.45, 7) is 9.87. The van der Waals surface area contributed by atoms with E-state index in [2.05, 4.69) is 26.2 Å². The molecular weight excluding hydrogens is 384 g/mol. The maximum atomic E-state index is 11.8. The maximum Gasteiger partial charge on any atom is 0.408 e. The Morgan fingerprint density at radius 1 is 1.32 bits per heavy atom. The molecule has 1 aromatic carbocycles. The molecule has 2 rings (SSSR count). The minimum Gasteiger partial charge on any atom is -0.465 e. The number of nitrogens with two attached hydrogens (primary N) is 1. The van der Waals surface area contributed by atoms with Crippen LogP contribution in [0.25, 0.3) is 10.9 Å². The summed E-state index contributed by atoms with van der Waals surface area (Å²) < 4.78 is 0.938. The molecule has 0 spiro atoms. The molecule has 2 aromatic rings. The first kappa shape index (κ1) is 19.3. The van der Waals surface area contributed by atoms with Crippen molar-refractivity contribution in [2.75, 3.05) is 17.6 Å². The van der Waals surface area contributed by atoms with E-state index in [0.717, 1.165) is 21.1 Å². The summed E-state index contributed by atoms with van der Waals surface area (Å²) >= 11 is 3.44. The zero-order chi connectivity index (χ0) is 19.0. The van der Waals surface area contributed by atoms with Crippen molar-refractivity contribution >= 4 is 44.3 Å². The molecule has 25 heavy (non-hydrogen) atoms. The van der Waals surface area contributed by atoms with Gasteiger partial charge in [-0.3, -0.25) is 9.88 Å². The van der Waals surface area contributed by atoms with Crippen molar-refractivity contribution in [2.45, 2.75) is 45.7 Å². The molecular formula is C18H25BrN4O2. The molecule has 1 amide bonds. The van der Waals surface area contributed by atoms with Crippen LogP contribution in [0.2, 0.25) is 0 Å². The van der Waals surface area contributed by atoms with E-state index in [1.54, 1.807) is 6.20 Å². The van der Waals surface area contributed by atoms with Gasteiger partial charge >= 0.3 is 6.09 Å². The molecule has 0 fully saturated rings. The van der Waals surface area contributed by atoms with Crippen molar-refractivity contribution in [1.29, 1.82) is 0 Å². The highest BCUT2D eigenvalue weighted by Gasteiger charge is 2.38. The van der Waals surface area contributed by atoms with Crippen LogP contribution < -0.4 is 11.1 Å². The van der Waals surface area contributed by atoms with E-state index in [1.165, 1.54) is 4.90 Å². The average molecular weight is 409 g/mol. The van der Waals surface area contributed by atoms with E-state index >= 15 is 0 Å². The monoisotopic (exact) mass is 408 g/mol. The average Bonchev–Trinajstić information content (AvgIpc) is 2.43. The topological polar surface area (TPSA) is 91.5 Å². The minimum absolute atomic E-state index is 0.413. The number of halogens is 1. The summed E-state index contributed by atoms with van der Waals surface area (Å²) in [6.07, 6.45) is 0.666. The number of carbonyl (C=O) groups is 1. The molecule has 0 saturated heterocycles. The molecule has 0 saturated carbocycles. The summed E-state index contributed by atoms with van der Waals surface area (Å²) in [5.74, 6) is 0. The molecule has 0 aliphatic heterocycles. The van der Waals surface area contributed by atoms with Crippen molar-refractivity contribution < 1.29 is 9.90 Å². The number of aromatic nitrogens is 1. The Bertz CT molecular complexity index is 799. The number of hydrogen-bond donors (Lipinski definition) is 3. The van der Waals surface area contributed by atoms with Gasteiger partial charge in [0.15, 0.2) is 0 Å². The number of fused-ring (bicyclic) bond motifs is 1. The van der Waals surface area contributed by atoms with E-state index in [4.69, 9.17) is 5.73 Å². The van der Waals surface area contributed by atoms with E-state index < -0.39 is 17.2 Å². The molecule has 7 heteroatoms. The molecule has 4 N–H and O–H groups in total. The number of amides is 1. The molecule has 1 aromatic heterocycles. The zero-order valence-corrected chi connectivity index (χ0v) is 16.8. The van der Waals surface area contributed by atoms with Crippen LogP contribution >= 0.6 is 15.9 Å². The molecule has 0 radical (unpaired) electrons. The Labute approximate surface area is 156 Å². The Morgan fingerprint density at radius 3 is 2.52 bits per heavy atom. The second-order valence-electron chi connectivity index (χ2n) is 7.70. The second-order valence-corrected chi connectivity index (χ2v) is 8.62. The summed E-state index contributed by atoms with van der Waals surface area (Å²) in [5.41, 5.74) is 7.07. The van der Waals surface area contributed by atoms with Crippen LogP contribution in [-0.2, 0) is 0 Å². The van der Waals surface area contributed by atoms with Crippen LogP contribution in [0, 0.1) is 0 Å². The number of nitrogen functional groups attached to an aromatic ring is 1. The van der Waals surface area contributed by atoms with Gasteiger partial charge in [-0.1, -0.05) is 15.9 Å². The standard InChI is InChI=1S/C18H25BrN4O2/c1-17(2,3)23(16(24)25)18(4,5)10-22-15-12-7-6-11(19)8-14(12)21-9-13(15)20/h6-9H,10,20H2,1-5H3,(H,21,22)(H,24,25). The largest absolute Gasteiger partial charge is 0.465 e. The zero-order valence-electron chi connectivity index (χ0n) is 15.2. The third kappa shape index (κ3) is 4.15. The molecule has 136 valence electrons. The third-order valence-corrected chi connectivity index (χ3v) is 4.52. The molecule has 0 atom stereocenters. The van der Waals surface area contributed by atoms with Gasteiger partial charge in [-0.25, -0.2) is 4.79 Å². The summed E-state index contributed by atoms with van der Waals surface area (Å²) in [7, 11) is 0. The number of rotatable bonds is 4. The van der Waals surface area contributed by atoms with Crippen LogP contribution in [0.1, 0.15) is 34.6 Å². The lowest BCUT2D eigenvalue weighted by Gasteiger charge is -2.45. The first-order chi connectivity index (χ1) is 11.4. The van der Waals surface area contributed by atoms with E-state index in [-0.39, 0.29) is 0 Å². The highest BCUT2D eigenvalue weighted by molar-refractivity contribution is 9.10. The van der Waals surface area contributed by atoms with E-state index in [9.17, 15) is 9.90 Å². The summed E-state index contributed by atoms with van der Waals surface area (Å²) in [4.78, 5) is 17.6. The first-order valence-electron chi connectivity index (χ1n) is 8.04. The SMILES string of the molecule is CC(C)(C)N(C(=O)O)C(C)(C)CNc1c(N)cnc2cc(Br)ccc12. The van der Waals surface area contributed by atoms with Gasteiger partial charge in [0, 0.05) is 21.9 Å². The van der Waals surface area contributed by atoms with Crippen molar-refractivity contribution in [3.05, 3.63) is 28.9 Å². The fraction of sp³-hybridized carbons (Fsp3) is 0.444. The Kier molecular flexibility index (Phi) is 5.18. The number of benzene rings is 1. The van der Waals surface area contributed by atoms with E-state index in [1.807, 2.05) is 52.8 Å². The number of anilines is 2. The summed E-state index contributed by atoms with van der Waals surface area (Å²) in [6, 6.07) is 5.79. The third-order valence-electron chi connectivity index (χ3n) is 4.03. The first-order valence-corrected chi connectivity index (χ1v) is 8.83. The van der Waals surface area contributed by atoms with Crippen LogP contribution in [0.15, 0.2) is 28.9 Å². The fourth-order valence-electron chi connectivity index (χ4n) is 3.22. The van der Waals surface area contributed by atoms with Crippen molar-refractivity contribution in [3.63, 3.8) is 0 Å². The quantitative estimate of drug-likeness (QED) is 0.689. The second kappa shape index (κ2) is 6.71. The predicted molar refractivity (Wildman–Crippen MR) is 106 cm³/mol. The molecule has 6 nitrogen and oxygen atoms in total. The van der Waals surface area contributed by atoms with Gasteiger partial charge in [0.2, 0.25) is 0 Å². The minimum atomic E-state index is -0.948. The van der Waals surface area contributed by atoms with Crippen molar-refractivity contribution in [2.24, 2.45) is 0 Å². The number of hydrogen-bond acceptors (Lipinski definition) is 4. The van der Waals surface area contributed by atoms with Crippen LogP contribution in [0.5, 0.6) is 0 Å². The Morgan fingerprint density at radius 2 is 1.96 bits per heavy atom. The lowest BCUT2D eigenvalue weighted by Crippen LogP contribution is -2.59. The predicted octanol–water partition coefficient (Wildman–Crippen LogP) is 4.55. The van der Waals surface area contributed by atoms with Gasteiger partial charge in [0.05, 0.1) is 28.6 Å². The number of nitrogens with one attached hydrogen (secondary N) is 1. The molecule has 0 bridgehead atoms. The van der Waals surface area contributed by atoms with Gasteiger partial charge in [-0.15, -0.1) is 0 Å². The summed E-state index contributed by atoms with van der Waals surface area (Å²) in [5, 5.41) is 13.9. The highest BCUT2D eigenvalue weighted by Crippen LogP contribution is 2.31. The van der Waals surface area contributed by atoms with Gasteiger partial charge in [0.1, 0.15) is 0 Å². The number of nitrogens with zero attached hydrogens (tertiary/aromatic N) is 2. The Hall–Kier alpha value is -2.02. The molecule has 0 aliphatic carbocycles. The lowest BCUT2D eigenvalue weighted by atomic mass is 9.94. The van der Waals surface area contributed by atoms with Crippen LogP contribution in [-0.4, -0.2) is 38.7 Å². The molecule has 1 heterocycles. The van der Waals surface area contributed by atoms with Crippen LogP contribution in [0.4, 0.5) is 16.2 Å².